The molecule has 1 atom stereocenters. The first-order chi connectivity index (χ1) is 15.2. The predicted molar refractivity (Wildman–Crippen MR) is 121 cm³/mol. The predicted octanol–water partition coefficient (Wildman–Crippen LogP) is 4.95. The van der Waals surface area contributed by atoms with E-state index >= 15 is 0 Å². The van der Waals surface area contributed by atoms with Crippen molar-refractivity contribution in [2.75, 3.05) is 23.7 Å². The maximum atomic E-state index is 13.0. The molecule has 1 saturated carbocycles. The van der Waals surface area contributed by atoms with Crippen molar-refractivity contribution in [3.63, 3.8) is 0 Å². The third-order valence-corrected chi connectivity index (χ3v) is 5.80. The van der Waals surface area contributed by atoms with Crippen molar-refractivity contribution < 1.29 is 13.6 Å². The number of hydrogen-bond donors (Lipinski definition) is 3. The number of rotatable bonds is 9. The summed E-state index contributed by atoms with van der Waals surface area (Å²) in [6, 6.07) is 13.7. The van der Waals surface area contributed by atoms with Crippen LogP contribution in [-0.4, -0.2) is 30.0 Å². The Kier molecular flexibility index (Phi) is 7.02. The third-order valence-electron chi connectivity index (χ3n) is 5.80. The lowest BCUT2D eigenvalue weighted by atomic mass is 9.84. The smallest absolute Gasteiger partial charge is 0.296 e. The van der Waals surface area contributed by atoms with Crippen molar-refractivity contribution in [1.29, 1.82) is 0 Å². The first kappa shape index (κ1) is 21.2. The van der Waals surface area contributed by atoms with Gasteiger partial charge in [0.25, 0.3) is 6.01 Å². The summed E-state index contributed by atoms with van der Waals surface area (Å²) in [4.78, 5) is 17.4. The van der Waals surface area contributed by atoms with E-state index in [-0.39, 0.29) is 11.7 Å². The topological polar surface area (TPSA) is 79.2 Å². The molecule has 164 valence electrons. The van der Waals surface area contributed by atoms with Crippen LogP contribution in [0.3, 0.4) is 0 Å². The fourth-order valence-corrected chi connectivity index (χ4v) is 4.15. The van der Waals surface area contributed by atoms with Crippen LogP contribution in [-0.2, 0) is 4.79 Å². The van der Waals surface area contributed by atoms with Gasteiger partial charge >= 0.3 is 0 Å². The van der Waals surface area contributed by atoms with E-state index in [0.717, 1.165) is 30.5 Å². The van der Waals surface area contributed by atoms with Gasteiger partial charge in [0.2, 0.25) is 5.91 Å². The van der Waals surface area contributed by atoms with Crippen molar-refractivity contribution in [2.45, 2.75) is 44.6 Å². The van der Waals surface area contributed by atoms with Crippen molar-refractivity contribution in [3.05, 3.63) is 54.3 Å². The maximum absolute atomic E-state index is 13.0. The summed E-state index contributed by atoms with van der Waals surface area (Å²) in [6.45, 7) is 1.02. The molecular formula is C24H29FN4O2. The van der Waals surface area contributed by atoms with Crippen LogP contribution in [0.2, 0.25) is 0 Å². The number of anilines is 2. The van der Waals surface area contributed by atoms with Gasteiger partial charge < -0.3 is 20.4 Å². The number of carbonyl (C=O) groups is 1. The van der Waals surface area contributed by atoms with Gasteiger partial charge in [-0.2, -0.15) is 4.98 Å². The molecule has 3 N–H and O–H groups in total. The Hall–Kier alpha value is -3.09. The lowest BCUT2D eigenvalue weighted by molar-refractivity contribution is -0.122. The summed E-state index contributed by atoms with van der Waals surface area (Å²) >= 11 is 0. The lowest BCUT2D eigenvalue weighted by Gasteiger charge is -2.26. The first-order valence-corrected chi connectivity index (χ1v) is 11.1. The van der Waals surface area contributed by atoms with Crippen LogP contribution in [0.15, 0.2) is 52.9 Å². The van der Waals surface area contributed by atoms with Crippen LogP contribution >= 0.6 is 0 Å². The van der Waals surface area contributed by atoms with Crippen LogP contribution in [0.25, 0.3) is 11.1 Å². The number of oxazole rings is 1. The SMILES string of the molecule is O=C(NCCNc1ccc(F)cc1)C(CC1CCCCC1)Nc1nc2ccccc2o1. The van der Waals surface area contributed by atoms with Crippen LogP contribution in [0.1, 0.15) is 38.5 Å². The molecule has 0 saturated heterocycles. The lowest BCUT2D eigenvalue weighted by Crippen LogP contribution is -2.42. The van der Waals surface area contributed by atoms with E-state index in [1.54, 1.807) is 12.1 Å². The number of amides is 1. The van der Waals surface area contributed by atoms with Crippen molar-refractivity contribution in [1.82, 2.24) is 10.3 Å². The fraction of sp³-hybridized carbons (Fsp3) is 0.417. The average Bonchev–Trinajstić information content (AvgIpc) is 3.20. The highest BCUT2D eigenvalue weighted by molar-refractivity contribution is 5.84. The molecule has 31 heavy (non-hydrogen) atoms. The van der Waals surface area contributed by atoms with E-state index in [9.17, 15) is 9.18 Å². The minimum Gasteiger partial charge on any atom is -0.424 e. The van der Waals surface area contributed by atoms with Crippen molar-refractivity contribution in [2.24, 2.45) is 5.92 Å². The first-order valence-electron chi connectivity index (χ1n) is 11.1. The maximum Gasteiger partial charge on any atom is 0.296 e. The Morgan fingerprint density at radius 3 is 2.61 bits per heavy atom. The second-order valence-electron chi connectivity index (χ2n) is 8.15. The zero-order valence-electron chi connectivity index (χ0n) is 17.6. The summed E-state index contributed by atoms with van der Waals surface area (Å²) in [5.74, 6) is 0.196. The Morgan fingerprint density at radius 2 is 1.84 bits per heavy atom. The zero-order chi connectivity index (χ0) is 21.5. The third kappa shape index (κ3) is 5.96. The molecule has 4 rings (SSSR count). The molecule has 1 aromatic heterocycles. The number of halogens is 1. The molecule has 1 aliphatic rings. The quantitative estimate of drug-likeness (QED) is 0.424. The minimum absolute atomic E-state index is 0.0614. The highest BCUT2D eigenvalue weighted by Gasteiger charge is 2.25. The van der Waals surface area contributed by atoms with Crippen LogP contribution in [0, 0.1) is 11.7 Å². The van der Waals surface area contributed by atoms with Gasteiger partial charge in [-0.05, 0) is 48.7 Å². The van der Waals surface area contributed by atoms with Crippen LogP contribution < -0.4 is 16.0 Å². The van der Waals surface area contributed by atoms with Gasteiger partial charge in [-0.1, -0.05) is 44.2 Å². The van der Waals surface area contributed by atoms with Gasteiger partial charge in [-0.25, -0.2) is 4.39 Å². The number of aromatic nitrogens is 1. The van der Waals surface area contributed by atoms with E-state index < -0.39 is 6.04 Å². The van der Waals surface area contributed by atoms with Crippen LogP contribution in [0.4, 0.5) is 16.1 Å². The average molecular weight is 425 g/mol. The Bertz CT molecular complexity index is 950. The molecule has 1 amide bonds. The fourth-order valence-electron chi connectivity index (χ4n) is 4.15. The number of fused-ring (bicyclic) bond motifs is 1. The molecule has 1 heterocycles. The number of para-hydroxylation sites is 2. The molecule has 1 fully saturated rings. The zero-order valence-corrected chi connectivity index (χ0v) is 17.6. The molecule has 1 aliphatic carbocycles. The van der Waals surface area contributed by atoms with E-state index in [4.69, 9.17) is 4.42 Å². The van der Waals surface area contributed by atoms with Gasteiger partial charge in [0.15, 0.2) is 5.58 Å². The molecule has 3 aromatic rings. The van der Waals surface area contributed by atoms with Crippen molar-refractivity contribution >= 4 is 28.7 Å². The number of nitrogens with one attached hydrogen (secondary N) is 3. The molecular weight excluding hydrogens is 395 g/mol. The van der Waals surface area contributed by atoms with Gasteiger partial charge in [-0.3, -0.25) is 4.79 Å². The van der Waals surface area contributed by atoms with Gasteiger partial charge in [0.1, 0.15) is 17.4 Å². The normalized spacial score (nSPS) is 15.5. The molecule has 7 heteroatoms. The molecule has 2 aromatic carbocycles. The highest BCUT2D eigenvalue weighted by atomic mass is 19.1. The summed E-state index contributed by atoms with van der Waals surface area (Å²) in [5, 5.41) is 9.41. The minimum atomic E-state index is -0.401. The monoisotopic (exact) mass is 424 g/mol. The van der Waals surface area contributed by atoms with E-state index in [2.05, 4.69) is 20.9 Å². The van der Waals surface area contributed by atoms with E-state index in [1.807, 2.05) is 24.3 Å². The Labute approximate surface area is 181 Å². The van der Waals surface area contributed by atoms with Gasteiger partial charge in [0.05, 0.1) is 0 Å². The molecule has 0 aliphatic heterocycles. The molecule has 1 unspecified atom stereocenters. The largest absolute Gasteiger partial charge is 0.424 e. The molecule has 0 spiro atoms. The summed E-state index contributed by atoms with van der Waals surface area (Å²) < 4.78 is 18.8. The van der Waals surface area contributed by atoms with Crippen LogP contribution in [0.5, 0.6) is 0 Å². The molecule has 0 radical (unpaired) electrons. The number of benzene rings is 2. The Balaban J connectivity index is 1.35. The van der Waals surface area contributed by atoms with Crippen molar-refractivity contribution in [3.8, 4) is 0 Å². The number of nitrogens with zero attached hydrogens (tertiary/aromatic N) is 1. The van der Waals surface area contributed by atoms with E-state index in [0.29, 0.717) is 30.6 Å². The summed E-state index contributed by atoms with van der Waals surface area (Å²) in [5.41, 5.74) is 2.29. The highest BCUT2D eigenvalue weighted by Crippen LogP contribution is 2.28. The van der Waals surface area contributed by atoms with Gasteiger partial charge in [-0.15, -0.1) is 0 Å². The number of carbonyl (C=O) groups excluding carboxylic acids is 1. The Morgan fingerprint density at radius 1 is 1.06 bits per heavy atom. The van der Waals surface area contributed by atoms with E-state index in [1.165, 1.54) is 31.4 Å². The molecule has 0 bridgehead atoms. The van der Waals surface area contributed by atoms with Gasteiger partial charge in [0, 0.05) is 18.8 Å². The second-order valence-corrected chi connectivity index (χ2v) is 8.15. The standard InChI is InChI=1S/C24H29FN4O2/c25-18-10-12-19(13-11-18)26-14-15-27-23(30)21(16-17-6-2-1-3-7-17)29-24-28-20-8-4-5-9-22(20)31-24/h4-5,8-13,17,21,26H,1-3,6-7,14-16H2,(H,27,30)(H,28,29). The summed E-state index contributed by atoms with van der Waals surface area (Å²) in [7, 11) is 0. The summed E-state index contributed by atoms with van der Waals surface area (Å²) in [6.07, 6.45) is 6.81. The molecule has 6 nitrogen and oxygen atoms in total. The second kappa shape index (κ2) is 10.3. The number of hydrogen-bond acceptors (Lipinski definition) is 5.